The van der Waals surface area contributed by atoms with Gasteiger partial charge in [-0.05, 0) is 18.6 Å². The molecule has 3 nitrogen and oxygen atoms in total. The van der Waals surface area contributed by atoms with Crippen molar-refractivity contribution < 1.29 is 4.39 Å². The van der Waals surface area contributed by atoms with Crippen LogP contribution in [0.15, 0.2) is 18.2 Å². The van der Waals surface area contributed by atoms with E-state index in [4.69, 9.17) is 5.73 Å². The predicted molar refractivity (Wildman–Crippen MR) is 53.3 cm³/mol. The number of hydrogen-bond acceptors (Lipinski definition) is 3. The quantitative estimate of drug-likeness (QED) is 0.749. The molecule has 4 heteroatoms. The van der Waals surface area contributed by atoms with E-state index in [0.717, 1.165) is 0 Å². The first-order chi connectivity index (χ1) is 6.72. The number of nitrogens with two attached hydrogens (primary N) is 1. The minimum atomic E-state index is -0.292. The molecule has 2 aromatic rings. The molecule has 0 aliphatic carbocycles. The Bertz CT molecular complexity index is 482. The van der Waals surface area contributed by atoms with Gasteiger partial charge in [-0.2, -0.15) is 0 Å². The summed E-state index contributed by atoms with van der Waals surface area (Å²) in [4.78, 5) is 7.98. The normalized spacial score (nSPS) is 10.7. The molecule has 1 aromatic heterocycles. The fraction of sp³-hybridized carbons (Fsp3) is 0.200. The van der Waals surface area contributed by atoms with Crippen LogP contribution >= 0.6 is 0 Å². The average molecular weight is 191 g/mol. The molecule has 2 N–H and O–H groups in total. The lowest BCUT2D eigenvalue weighted by atomic mass is 10.1. The van der Waals surface area contributed by atoms with Gasteiger partial charge in [0.1, 0.15) is 5.82 Å². The molecule has 0 aliphatic heterocycles. The van der Waals surface area contributed by atoms with Gasteiger partial charge in [0.05, 0.1) is 16.6 Å². The number of fused-ring (bicyclic) bond motifs is 1. The topological polar surface area (TPSA) is 51.8 Å². The van der Waals surface area contributed by atoms with Gasteiger partial charge in [-0.1, -0.05) is 13.0 Å². The van der Waals surface area contributed by atoms with Gasteiger partial charge < -0.3 is 5.73 Å². The van der Waals surface area contributed by atoms with Crippen molar-refractivity contribution in [1.82, 2.24) is 9.97 Å². The van der Waals surface area contributed by atoms with Gasteiger partial charge in [0, 0.05) is 0 Å². The molecule has 0 bridgehead atoms. The SMILES string of the molecule is CCc1nc(N)nc2cccc(F)c12. The lowest BCUT2D eigenvalue weighted by Gasteiger charge is -2.04. The molecule has 14 heavy (non-hydrogen) atoms. The van der Waals surface area contributed by atoms with Crippen LogP contribution in [-0.2, 0) is 6.42 Å². The minimum absolute atomic E-state index is 0.194. The molecule has 0 spiro atoms. The van der Waals surface area contributed by atoms with Gasteiger partial charge in [0.25, 0.3) is 0 Å². The smallest absolute Gasteiger partial charge is 0.220 e. The monoisotopic (exact) mass is 191 g/mol. The van der Waals surface area contributed by atoms with Gasteiger partial charge in [-0.25, -0.2) is 14.4 Å². The second-order valence-corrected chi connectivity index (χ2v) is 3.02. The first kappa shape index (κ1) is 8.87. The summed E-state index contributed by atoms with van der Waals surface area (Å²) in [6.07, 6.45) is 0.643. The highest BCUT2D eigenvalue weighted by Gasteiger charge is 2.08. The first-order valence-electron chi connectivity index (χ1n) is 4.43. The number of hydrogen-bond donors (Lipinski definition) is 1. The van der Waals surface area contributed by atoms with Crippen molar-refractivity contribution in [2.75, 3.05) is 5.73 Å². The van der Waals surface area contributed by atoms with E-state index < -0.39 is 0 Å². The Kier molecular flexibility index (Phi) is 2.04. The molecule has 0 unspecified atom stereocenters. The predicted octanol–water partition coefficient (Wildman–Crippen LogP) is 1.91. The highest BCUT2D eigenvalue weighted by Crippen LogP contribution is 2.20. The van der Waals surface area contributed by atoms with Crippen LogP contribution in [0.2, 0.25) is 0 Å². The number of nitrogen functional groups attached to an aromatic ring is 1. The summed E-state index contributed by atoms with van der Waals surface area (Å²) in [6, 6.07) is 4.75. The zero-order chi connectivity index (χ0) is 10.1. The van der Waals surface area contributed by atoms with Crippen molar-refractivity contribution in [2.45, 2.75) is 13.3 Å². The zero-order valence-corrected chi connectivity index (χ0v) is 7.79. The summed E-state index contributed by atoms with van der Waals surface area (Å²) < 4.78 is 13.4. The molecule has 1 heterocycles. The van der Waals surface area contributed by atoms with E-state index in [-0.39, 0.29) is 11.8 Å². The molecule has 0 saturated carbocycles. The van der Waals surface area contributed by atoms with Crippen molar-refractivity contribution in [3.05, 3.63) is 29.7 Å². The van der Waals surface area contributed by atoms with Crippen LogP contribution in [-0.4, -0.2) is 9.97 Å². The van der Waals surface area contributed by atoms with E-state index in [1.54, 1.807) is 12.1 Å². The molecule has 1 aromatic carbocycles. The summed E-state index contributed by atoms with van der Waals surface area (Å²) in [7, 11) is 0. The van der Waals surface area contributed by atoms with Crippen molar-refractivity contribution in [1.29, 1.82) is 0 Å². The fourth-order valence-corrected chi connectivity index (χ4v) is 1.49. The number of rotatable bonds is 1. The largest absolute Gasteiger partial charge is 0.368 e. The Balaban J connectivity index is 2.88. The van der Waals surface area contributed by atoms with Crippen LogP contribution in [0.4, 0.5) is 10.3 Å². The van der Waals surface area contributed by atoms with Gasteiger partial charge in [-0.15, -0.1) is 0 Å². The number of halogens is 1. The van der Waals surface area contributed by atoms with Gasteiger partial charge >= 0.3 is 0 Å². The molecule has 0 saturated heterocycles. The molecular formula is C10H10FN3. The lowest BCUT2D eigenvalue weighted by molar-refractivity contribution is 0.637. The summed E-state index contributed by atoms with van der Waals surface area (Å²) in [5.74, 6) is -0.0979. The second-order valence-electron chi connectivity index (χ2n) is 3.02. The van der Waals surface area contributed by atoms with E-state index in [1.807, 2.05) is 6.92 Å². The number of benzene rings is 1. The number of anilines is 1. The third kappa shape index (κ3) is 1.28. The Hall–Kier alpha value is -1.71. The van der Waals surface area contributed by atoms with Crippen LogP contribution in [0, 0.1) is 5.82 Å². The highest BCUT2D eigenvalue weighted by atomic mass is 19.1. The number of aromatic nitrogens is 2. The summed E-state index contributed by atoms with van der Waals surface area (Å²) in [6.45, 7) is 1.91. The Morgan fingerprint density at radius 2 is 2.14 bits per heavy atom. The van der Waals surface area contributed by atoms with Crippen LogP contribution in [0.3, 0.4) is 0 Å². The Labute approximate surface area is 80.8 Å². The molecule has 0 fully saturated rings. The van der Waals surface area contributed by atoms with E-state index >= 15 is 0 Å². The van der Waals surface area contributed by atoms with Crippen molar-refractivity contribution in [3.8, 4) is 0 Å². The van der Waals surface area contributed by atoms with E-state index in [9.17, 15) is 4.39 Å². The lowest BCUT2D eigenvalue weighted by Crippen LogP contribution is -2.01. The number of aryl methyl sites for hydroxylation is 1. The van der Waals surface area contributed by atoms with E-state index in [0.29, 0.717) is 23.0 Å². The Morgan fingerprint density at radius 3 is 2.86 bits per heavy atom. The highest BCUT2D eigenvalue weighted by molar-refractivity contribution is 5.82. The van der Waals surface area contributed by atoms with Crippen molar-refractivity contribution in [3.63, 3.8) is 0 Å². The van der Waals surface area contributed by atoms with Crippen LogP contribution in [0.5, 0.6) is 0 Å². The van der Waals surface area contributed by atoms with E-state index in [2.05, 4.69) is 9.97 Å². The van der Waals surface area contributed by atoms with Crippen molar-refractivity contribution in [2.24, 2.45) is 0 Å². The van der Waals surface area contributed by atoms with Gasteiger partial charge in [0.2, 0.25) is 5.95 Å². The third-order valence-corrected chi connectivity index (χ3v) is 2.10. The summed E-state index contributed by atoms with van der Waals surface area (Å²) in [5.41, 5.74) is 6.73. The van der Waals surface area contributed by atoms with Crippen LogP contribution in [0.1, 0.15) is 12.6 Å². The molecule has 0 atom stereocenters. The first-order valence-corrected chi connectivity index (χ1v) is 4.43. The third-order valence-electron chi connectivity index (χ3n) is 2.10. The maximum Gasteiger partial charge on any atom is 0.220 e. The van der Waals surface area contributed by atoms with Gasteiger partial charge in [0.15, 0.2) is 0 Å². The number of nitrogens with zero attached hydrogens (tertiary/aromatic N) is 2. The molecule has 2 rings (SSSR count). The van der Waals surface area contributed by atoms with Gasteiger partial charge in [-0.3, -0.25) is 0 Å². The van der Waals surface area contributed by atoms with Crippen LogP contribution < -0.4 is 5.73 Å². The molecule has 0 aliphatic rings. The van der Waals surface area contributed by atoms with Crippen molar-refractivity contribution >= 4 is 16.9 Å². The Morgan fingerprint density at radius 1 is 1.36 bits per heavy atom. The summed E-state index contributed by atoms with van der Waals surface area (Å²) >= 11 is 0. The maximum atomic E-state index is 13.4. The maximum absolute atomic E-state index is 13.4. The van der Waals surface area contributed by atoms with Crippen LogP contribution in [0.25, 0.3) is 10.9 Å². The molecule has 0 amide bonds. The standard InChI is InChI=1S/C10H10FN3/c1-2-7-9-6(11)4-3-5-8(9)14-10(12)13-7/h3-5H,2H2,1H3,(H2,12,13,14). The minimum Gasteiger partial charge on any atom is -0.368 e. The molecule has 0 radical (unpaired) electrons. The zero-order valence-electron chi connectivity index (χ0n) is 7.79. The van der Waals surface area contributed by atoms with E-state index in [1.165, 1.54) is 6.07 Å². The molecule has 72 valence electrons. The fourth-order valence-electron chi connectivity index (χ4n) is 1.49. The molecular weight excluding hydrogens is 181 g/mol. The average Bonchev–Trinajstić information content (AvgIpc) is 2.16. The summed E-state index contributed by atoms with van der Waals surface area (Å²) in [5, 5.41) is 0.476. The second kappa shape index (κ2) is 3.21.